The molecule has 2 aliphatic rings. The second-order valence-electron chi connectivity index (χ2n) is 6.51. The lowest BCUT2D eigenvalue weighted by molar-refractivity contribution is -0.287. The van der Waals surface area contributed by atoms with E-state index < -0.39 is 0 Å². The molecule has 2 heteroatoms. The molecule has 0 amide bonds. The Balaban J connectivity index is 1.75. The molecule has 2 aliphatic carbocycles. The molecule has 100 valence electrons. The fourth-order valence-corrected chi connectivity index (χ4v) is 3.93. The van der Waals surface area contributed by atoms with Crippen molar-refractivity contribution in [3.8, 4) is 0 Å². The summed E-state index contributed by atoms with van der Waals surface area (Å²) in [5, 5.41) is 8.73. The van der Waals surface area contributed by atoms with Gasteiger partial charge < -0.3 is 0 Å². The molecule has 0 aromatic rings. The van der Waals surface area contributed by atoms with Crippen LogP contribution < -0.4 is 0 Å². The first-order chi connectivity index (χ1) is 8.20. The van der Waals surface area contributed by atoms with E-state index in [0.29, 0.717) is 5.92 Å². The van der Waals surface area contributed by atoms with Gasteiger partial charge >= 0.3 is 0 Å². The fraction of sp³-hybridized carbons (Fsp3) is 1.00. The van der Waals surface area contributed by atoms with Crippen LogP contribution in [0.15, 0.2) is 0 Å². The van der Waals surface area contributed by atoms with Gasteiger partial charge in [0, 0.05) is 0 Å². The zero-order valence-electron chi connectivity index (χ0n) is 11.4. The molecule has 1 unspecified atom stereocenters. The van der Waals surface area contributed by atoms with Crippen molar-refractivity contribution in [3.63, 3.8) is 0 Å². The monoisotopic (exact) mass is 240 g/mol. The molecule has 0 bridgehead atoms. The summed E-state index contributed by atoms with van der Waals surface area (Å²) >= 11 is 0. The first kappa shape index (κ1) is 13.4. The van der Waals surface area contributed by atoms with E-state index in [1.54, 1.807) is 0 Å². The number of rotatable bonds is 3. The quantitative estimate of drug-likeness (QED) is 0.581. The zero-order valence-corrected chi connectivity index (χ0v) is 11.4. The van der Waals surface area contributed by atoms with Gasteiger partial charge in [-0.2, -0.15) is 0 Å². The summed E-state index contributed by atoms with van der Waals surface area (Å²) in [6.45, 7) is 4.39. The highest BCUT2D eigenvalue weighted by Gasteiger charge is 2.31. The van der Waals surface area contributed by atoms with Crippen LogP contribution in [-0.4, -0.2) is 11.4 Å². The van der Waals surface area contributed by atoms with Gasteiger partial charge in [-0.05, 0) is 69.1 Å². The fourth-order valence-electron chi connectivity index (χ4n) is 3.93. The third kappa shape index (κ3) is 3.45. The summed E-state index contributed by atoms with van der Waals surface area (Å²) in [5.74, 6) is 3.51. The van der Waals surface area contributed by atoms with E-state index in [0.717, 1.165) is 17.8 Å². The molecular weight excluding hydrogens is 212 g/mol. The van der Waals surface area contributed by atoms with Crippen LogP contribution in [0.3, 0.4) is 0 Å². The molecule has 2 saturated carbocycles. The molecule has 1 atom stereocenters. The van der Waals surface area contributed by atoms with Crippen LogP contribution in [0.2, 0.25) is 0 Å². The van der Waals surface area contributed by atoms with E-state index >= 15 is 0 Å². The Morgan fingerprint density at radius 2 is 1.35 bits per heavy atom. The minimum atomic E-state index is 0.0299. The number of hydrogen-bond donors (Lipinski definition) is 1. The van der Waals surface area contributed by atoms with Gasteiger partial charge in [-0.1, -0.05) is 19.8 Å². The Bertz CT molecular complexity index is 213. The predicted molar refractivity (Wildman–Crippen MR) is 69.7 cm³/mol. The first-order valence-electron chi connectivity index (χ1n) is 7.51. The Kier molecular flexibility index (Phi) is 4.87. The Labute approximate surface area is 106 Å². The lowest BCUT2D eigenvalue weighted by Gasteiger charge is -2.38. The summed E-state index contributed by atoms with van der Waals surface area (Å²) in [6.07, 6.45) is 11.1. The topological polar surface area (TPSA) is 29.5 Å². The Hall–Kier alpha value is -0.0800. The van der Waals surface area contributed by atoms with Crippen LogP contribution in [0.4, 0.5) is 0 Å². The van der Waals surface area contributed by atoms with Gasteiger partial charge in [-0.25, -0.2) is 4.89 Å². The van der Waals surface area contributed by atoms with Gasteiger partial charge in [0.2, 0.25) is 0 Å². The van der Waals surface area contributed by atoms with Gasteiger partial charge in [0.25, 0.3) is 0 Å². The van der Waals surface area contributed by atoms with Gasteiger partial charge in [-0.15, -0.1) is 0 Å². The third-order valence-corrected chi connectivity index (χ3v) is 5.37. The van der Waals surface area contributed by atoms with E-state index in [2.05, 4.69) is 11.8 Å². The largest absolute Gasteiger partial charge is 0.252 e. The SMILES string of the molecule is CC1CCC(C2CCC(C(C)OO)CC2)CC1. The van der Waals surface area contributed by atoms with Crippen molar-refractivity contribution in [2.45, 2.75) is 71.3 Å². The molecule has 0 aromatic carbocycles. The predicted octanol–water partition coefficient (Wildman–Crippen LogP) is 4.50. The molecule has 0 radical (unpaired) electrons. The molecule has 2 rings (SSSR count). The molecule has 0 aliphatic heterocycles. The van der Waals surface area contributed by atoms with Crippen LogP contribution in [0.1, 0.15) is 65.2 Å². The van der Waals surface area contributed by atoms with E-state index in [-0.39, 0.29) is 6.10 Å². The van der Waals surface area contributed by atoms with Crippen LogP contribution in [0.25, 0.3) is 0 Å². The molecule has 0 aromatic heterocycles. The highest BCUT2D eigenvalue weighted by molar-refractivity contribution is 4.82. The first-order valence-corrected chi connectivity index (χ1v) is 7.51. The number of hydrogen-bond acceptors (Lipinski definition) is 2. The summed E-state index contributed by atoms with van der Waals surface area (Å²) < 4.78 is 0. The van der Waals surface area contributed by atoms with Crippen molar-refractivity contribution >= 4 is 0 Å². The lowest BCUT2D eigenvalue weighted by Crippen LogP contribution is -2.29. The molecule has 1 N–H and O–H groups in total. The summed E-state index contributed by atoms with van der Waals surface area (Å²) in [5.41, 5.74) is 0. The van der Waals surface area contributed by atoms with E-state index in [9.17, 15) is 0 Å². The van der Waals surface area contributed by atoms with Crippen molar-refractivity contribution < 1.29 is 10.1 Å². The van der Waals surface area contributed by atoms with Crippen LogP contribution >= 0.6 is 0 Å². The molecule has 0 saturated heterocycles. The van der Waals surface area contributed by atoms with Crippen molar-refractivity contribution in [1.82, 2.24) is 0 Å². The average Bonchev–Trinajstić information content (AvgIpc) is 2.39. The Morgan fingerprint density at radius 3 is 1.82 bits per heavy atom. The van der Waals surface area contributed by atoms with Gasteiger partial charge in [-0.3, -0.25) is 5.26 Å². The molecule has 0 heterocycles. The maximum absolute atomic E-state index is 8.73. The minimum Gasteiger partial charge on any atom is -0.252 e. The zero-order chi connectivity index (χ0) is 12.3. The highest BCUT2D eigenvalue weighted by atomic mass is 17.1. The molecule has 2 fully saturated rings. The van der Waals surface area contributed by atoms with Crippen LogP contribution in [0, 0.1) is 23.7 Å². The van der Waals surface area contributed by atoms with Gasteiger partial charge in [0.1, 0.15) is 0 Å². The second-order valence-corrected chi connectivity index (χ2v) is 6.51. The smallest absolute Gasteiger partial charge is 0.0927 e. The summed E-state index contributed by atoms with van der Waals surface area (Å²) in [7, 11) is 0. The molecule has 0 spiro atoms. The summed E-state index contributed by atoms with van der Waals surface area (Å²) in [6, 6.07) is 0. The molecule has 17 heavy (non-hydrogen) atoms. The maximum atomic E-state index is 8.73. The van der Waals surface area contributed by atoms with E-state index in [1.807, 2.05) is 6.92 Å². The van der Waals surface area contributed by atoms with Crippen LogP contribution in [0.5, 0.6) is 0 Å². The summed E-state index contributed by atoms with van der Waals surface area (Å²) in [4.78, 5) is 4.48. The van der Waals surface area contributed by atoms with Crippen molar-refractivity contribution in [1.29, 1.82) is 0 Å². The molecular formula is C15H28O2. The van der Waals surface area contributed by atoms with Gasteiger partial charge in [0.15, 0.2) is 0 Å². The van der Waals surface area contributed by atoms with Crippen molar-refractivity contribution in [2.75, 3.05) is 0 Å². The van der Waals surface area contributed by atoms with Crippen molar-refractivity contribution in [3.05, 3.63) is 0 Å². The van der Waals surface area contributed by atoms with Crippen molar-refractivity contribution in [2.24, 2.45) is 23.7 Å². The van der Waals surface area contributed by atoms with E-state index in [4.69, 9.17) is 5.26 Å². The lowest BCUT2D eigenvalue weighted by atomic mass is 9.69. The standard InChI is InChI=1S/C15H28O2/c1-11-3-5-14(6-4-11)15-9-7-13(8-10-15)12(2)17-16/h11-16H,3-10H2,1-2H3. The highest BCUT2D eigenvalue weighted by Crippen LogP contribution is 2.42. The normalized spacial score (nSPS) is 41.1. The molecule has 2 nitrogen and oxygen atoms in total. The Morgan fingerprint density at radius 1 is 0.882 bits per heavy atom. The van der Waals surface area contributed by atoms with E-state index in [1.165, 1.54) is 51.4 Å². The third-order valence-electron chi connectivity index (χ3n) is 5.37. The van der Waals surface area contributed by atoms with Crippen LogP contribution in [-0.2, 0) is 4.89 Å². The second kappa shape index (κ2) is 6.19. The minimum absolute atomic E-state index is 0.0299. The average molecular weight is 240 g/mol. The van der Waals surface area contributed by atoms with Gasteiger partial charge in [0.05, 0.1) is 6.10 Å². The maximum Gasteiger partial charge on any atom is 0.0927 e.